The summed E-state index contributed by atoms with van der Waals surface area (Å²) in [7, 11) is 1.92. The van der Waals surface area contributed by atoms with Crippen LogP contribution in [-0.4, -0.2) is 21.5 Å². The van der Waals surface area contributed by atoms with Crippen molar-refractivity contribution in [3.05, 3.63) is 47.3 Å². The van der Waals surface area contributed by atoms with Crippen LogP contribution in [0.5, 0.6) is 0 Å². The summed E-state index contributed by atoms with van der Waals surface area (Å²) in [5.74, 6) is 0. The number of benzene rings is 1. The van der Waals surface area contributed by atoms with Gasteiger partial charge in [0, 0.05) is 7.05 Å². The van der Waals surface area contributed by atoms with E-state index in [1.807, 2.05) is 17.9 Å². The highest BCUT2D eigenvalue weighted by Crippen LogP contribution is 2.23. The Morgan fingerprint density at radius 2 is 2.12 bits per heavy atom. The summed E-state index contributed by atoms with van der Waals surface area (Å²) < 4.78 is 1.82. The second-order valence-corrected chi connectivity index (χ2v) is 4.13. The molecule has 0 amide bonds. The van der Waals surface area contributed by atoms with Crippen molar-refractivity contribution in [1.82, 2.24) is 20.3 Å². The molecule has 0 saturated heterocycles. The SMILES string of the molecule is CCNC(c1ccccc1C)c1cnnn1C. The van der Waals surface area contributed by atoms with Gasteiger partial charge >= 0.3 is 0 Å². The molecule has 2 aromatic rings. The summed E-state index contributed by atoms with van der Waals surface area (Å²) >= 11 is 0. The van der Waals surface area contributed by atoms with Crippen molar-refractivity contribution < 1.29 is 0 Å². The molecule has 0 aliphatic heterocycles. The molecule has 1 N–H and O–H groups in total. The quantitative estimate of drug-likeness (QED) is 0.871. The van der Waals surface area contributed by atoms with Crippen molar-refractivity contribution in [3.63, 3.8) is 0 Å². The zero-order valence-electron chi connectivity index (χ0n) is 10.5. The summed E-state index contributed by atoms with van der Waals surface area (Å²) in [6, 6.07) is 8.56. The highest BCUT2D eigenvalue weighted by Gasteiger charge is 2.18. The number of aromatic nitrogens is 3. The molecular weight excluding hydrogens is 212 g/mol. The Hall–Kier alpha value is -1.68. The maximum atomic E-state index is 4.00. The maximum absolute atomic E-state index is 4.00. The van der Waals surface area contributed by atoms with Gasteiger partial charge in [0.05, 0.1) is 17.9 Å². The van der Waals surface area contributed by atoms with E-state index in [9.17, 15) is 0 Å². The molecule has 1 aromatic heterocycles. The minimum atomic E-state index is 0.154. The van der Waals surface area contributed by atoms with Crippen LogP contribution in [0.25, 0.3) is 0 Å². The first-order valence-electron chi connectivity index (χ1n) is 5.87. The first-order valence-corrected chi connectivity index (χ1v) is 5.87. The smallest absolute Gasteiger partial charge is 0.0798 e. The minimum Gasteiger partial charge on any atom is -0.305 e. The second-order valence-electron chi connectivity index (χ2n) is 4.13. The van der Waals surface area contributed by atoms with Crippen LogP contribution in [0.4, 0.5) is 0 Å². The van der Waals surface area contributed by atoms with Crippen LogP contribution in [0.15, 0.2) is 30.5 Å². The molecule has 0 aliphatic rings. The lowest BCUT2D eigenvalue weighted by atomic mass is 9.99. The zero-order chi connectivity index (χ0) is 12.3. The fraction of sp³-hybridized carbons (Fsp3) is 0.385. The van der Waals surface area contributed by atoms with Crippen molar-refractivity contribution in [1.29, 1.82) is 0 Å². The Labute approximate surface area is 102 Å². The van der Waals surface area contributed by atoms with Crippen molar-refractivity contribution >= 4 is 0 Å². The van der Waals surface area contributed by atoms with E-state index in [-0.39, 0.29) is 6.04 Å². The van der Waals surface area contributed by atoms with Crippen molar-refractivity contribution in [3.8, 4) is 0 Å². The first-order chi connectivity index (χ1) is 8.24. The predicted molar refractivity (Wildman–Crippen MR) is 67.7 cm³/mol. The van der Waals surface area contributed by atoms with Gasteiger partial charge in [-0.2, -0.15) is 0 Å². The van der Waals surface area contributed by atoms with Gasteiger partial charge in [-0.1, -0.05) is 36.4 Å². The normalized spacial score (nSPS) is 12.6. The van der Waals surface area contributed by atoms with Crippen LogP contribution in [0, 0.1) is 6.92 Å². The first kappa shape index (κ1) is 11.8. The number of nitrogens with one attached hydrogen (secondary N) is 1. The van der Waals surface area contributed by atoms with Crippen LogP contribution in [0.3, 0.4) is 0 Å². The van der Waals surface area contributed by atoms with Crippen LogP contribution < -0.4 is 5.32 Å². The summed E-state index contributed by atoms with van der Waals surface area (Å²) in [4.78, 5) is 0. The van der Waals surface area contributed by atoms with Crippen molar-refractivity contribution in [2.24, 2.45) is 7.05 Å². The van der Waals surface area contributed by atoms with Gasteiger partial charge < -0.3 is 5.32 Å². The second kappa shape index (κ2) is 5.10. The molecule has 0 radical (unpaired) electrons. The number of hydrogen-bond donors (Lipinski definition) is 1. The van der Waals surface area contributed by atoms with Gasteiger partial charge in [-0.05, 0) is 24.6 Å². The number of nitrogens with zero attached hydrogens (tertiary/aromatic N) is 3. The zero-order valence-corrected chi connectivity index (χ0v) is 10.5. The molecule has 90 valence electrons. The summed E-state index contributed by atoms with van der Waals surface area (Å²) in [6.45, 7) is 5.14. The lowest BCUT2D eigenvalue weighted by molar-refractivity contribution is 0.566. The van der Waals surface area contributed by atoms with E-state index >= 15 is 0 Å². The highest BCUT2D eigenvalue weighted by molar-refractivity contribution is 5.33. The molecule has 1 aromatic carbocycles. The van der Waals surface area contributed by atoms with E-state index in [0.717, 1.165) is 12.2 Å². The summed E-state index contributed by atoms with van der Waals surface area (Å²) in [5.41, 5.74) is 3.64. The van der Waals surface area contributed by atoms with E-state index in [4.69, 9.17) is 0 Å². The molecule has 1 heterocycles. The van der Waals surface area contributed by atoms with Gasteiger partial charge in [-0.3, -0.25) is 4.68 Å². The fourth-order valence-corrected chi connectivity index (χ4v) is 2.05. The average Bonchev–Trinajstić information content (AvgIpc) is 2.74. The number of rotatable bonds is 4. The summed E-state index contributed by atoms with van der Waals surface area (Å²) in [6.07, 6.45) is 1.82. The molecule has 17 heavy (non-hydrogen) atoms. The molecule has 0 saturated carbocycles. The van der Waals surface area contributed by atoms with Crippen LogP contribution in [-0.2, 0) is 7.05 Å². The van der Waals surface area contributed by atoms with Gasteiger partial charge in [0.1, 0.15) is 0 Å². The Balaban J connectivity index is 2.43. The molecule has 0 fully saturated rings. The van der Waals surface area contributed by atoms with Gasteiger partial charge in [-0.15, -0.1) is 5.10 Å². The lowest BCUT2D eigenvalue weighted by Crippen LogP contribution is -2.24. The number of aryl methyl sites for hydroxylation is 2. The maximum Gasteiger partial charge on any atom is 0.0798 e. The standard InChI is InChI=1S/C13H18N4/c1-4-14-13(12-9-15-16-17(12)3)11-8-6-5-7-10(11)2/h5-9,13-14H,4H2,1-3H3. The van der Waals surface area contributed by atoms with Gasteiger partial charge in [0.15, 0.2) is 0 Å². The van der Waals surface area contributed by atoms with Crippen LogP contribution in [0.2, 0.25) is 0 Å². The largest absolute Gasteiger partial charge is 0.305 e. The van der Waals surface area contributed by atoms with E-state index in [0.29, 0.717) is 0 Å². The van der Waals surface area contributed by atoms with Crippen LogP contribution >= 0.6 is 0 Å². The van der Waals surface area contributed by atoms with Gasteiger partial charge in [-0.25, -0.2) is 0 Å². The van der Waals surface area contributed by atoms with Crippen molar-refractivity contribution in [2.45, 2.75) is 19.9 Å². The molecule has 1 unspecified atom stereocenters. The predicted octanol–water partition coefficient (Wildman–Crippen LogP) is 1.82. The van der Waals surface area contributed by atoms with Crippen molar-refractivity contribution in [2.75, 3.05) is 6.54 Å². The highest BCUT2D eigenvalue weighted by atomic mass is 15.4. The Bertz CT molecular complexity index is 490. The topological polar surface area (TPSA) is 42.7 Å². The Morgan fingerprint density at radius 1 is 1.35 bits per heavy atom. The van der Waals surface area contributed by atoms with E-state index < -0.39 is 0 Å². The number of hydrogen-bond acceptors (Lipinski definition) is 3. The fourth-order valence-electron chi connectivity index (χ4n) is 2.05. The molecular formula is C13H18N4. The molecule has 4 heteroatoms. The third-order valence-corrected chi connectivity index (χ3v) is 2.95. The molecule has 0 bridgehead atoms. The average molecular weight is 230 g/mol. The molecule has 1 atom stereocenters. The Morgan fingerprint density at radius 3 is 2.71 bits per heavy atom. The third-order valence-electron chi connectivity index (χ3n) is 2.95. The van der Waals surface area contributed by atoms with Gasteiger partial charge in [0.25, 0.3) is 0 Å². The van der Waals surface area contributed by atoms with Crippen LogP contribution in [0.1, 0.15) is 29.8 Å². The minimum absolute atomic E-state index is 0.154. The molecule has 4 nitrogen and oxygen atoms in total. The molecule has 0 spiro atoms. The third kappa shape index (κ3) is 2.36. The monoisotopic (exact) mass is 230 g/mol. The molecule has 0 aliphatic carbocycles. The Kier molecular flexibility index (Phi) is 3.54. The lowest BCUT2D eigenvalue weighted by Gasteiger charge is -2.19. The van der Waals surface area contributed by atoms with Gasteiger partial charge in [0.2, 0.25) is 0 Å². The molecule has 2 rings (SSSR count). The van der Waals surface area contributed by atoms with E-state index in [1.165, 1.54) is 11.1 Å². The van der Waals surface area contributed by atoms with E-state index in [2.05, 4.69) is 53.7 Å². The summed E-state index contributed by atoms with van der Waals surface area (Å²) in [5, 5.41) is 11.4. The van der Waals surface area contributed by atoms with E-state index in [1.54, 1.807) is 0 Å².